The zero-order valence-electron chi connectivity index (χ0n) is 6.14. The monoisotopic (exact) mass is 177 g/mol. The summed E-state index contributed by atoms with van der Waals surface area (Å²) in [6.07, 6.45) is 1.32. The first kappa shape index (κ1) is 9.90. The molecule has 1 rings (SSSR count). The molecule has 0 amide bonds. The van der Waals surface area contributed by atoms with Gasteiger partial charge in [0.2, 0.25) is 0 Å². The van der Waals surface area contributed by atoms with Crippen LogP contribution in [0.5, 0.6) is 12.0 Å². The molecule has 0 spiro atoms. The molecule has 0 aromatic carbocycles. The van der Waals surface area contributed by atoms with Gasteiger partial charge in [0.25, 0.3) is 0 Å². The van der Waals surface area contributed by atoms with E-state index in [0.29, 0.717) is 0 Å². The quantitative estimate of drug-likeness (QED) is 0.651. The first-order valence-corrected chi connectivity index (χ1v) is 2.64. The number of rotatable bonds is 2. The molecule has 0 saturated carbocycles. The first-order chi connectivity index (χ1) is 4.86. The minimum absolute atomic E-state index is 0. The van der Waals surface area contributed by atoms with Crippen LogP contribution in [0.2, 0.25) is 0 Å². The standard InChI is InChI=1S/C5H7N3O2.ClH/c1-9-4-6-3-7-5(8-4)10-2;/h3H,1-2H3;1H. The van der Waals surface area contributed by atoms with Gasteiger partial charge in [-0.3, -0.25) is 0 Å². The third-order valence-corrected chi connectivity index (χ3v) is 0.893. The minimum atomic E-state index is 0. The summed E-state index contributed by atoms with van der Waals surface area (Å²) in [6.45, 7) is 0. The number of hydrogen-bond acceptors (Lipinski definition) is 5. The van der Waals surface area contributed by atoms with Gasteiger partial charge in [-0.25, -0.2) is 0 Å². The Balaban J connectivity index is 0.000001000. The lowest BCUT2D eigenvalue weighted by molar-refractivity contribution is 0.339. The van der Waals surface area contributed by atoms with Crippen LogP contribution in [0, 0.1) is 0 Å². The Labute approximate surface area is 70.2 Å². The van der Waals surface area contributed by atoms with Gasteiger partial charge in [-0.15, -0.1) is 17.4 Å². The molecule has 0 aliphatic carbocycles. The number of halogens is 1. The third kappa shape index (κ3) is 2.55. The average Bonchev–Trinajstić information content (AvgIpc) is 2.05. The highest BCUT2D eigenvalue weighted by molar-refractivity contribution is 5.85. The third-order valence-electron chi connectivity index (χ3n) is 0.893. The molecule has 11 heavy (non-hydrogen) atoms. The molecule has 1 heterocycles. The van der Waals surface area contributed by atoms with Crippen LogP contribution in [0.15, 0.2) is 6.33 Å². The number of methoxy groups -OCH3 is 2. The normalized spacial score (nSPS) is 8.18. The van der Waals surface area contributed by atoms with Crippen molar-refractivity contribution in [3.8, 4) is 12.0 Å². The fourth-order valence-electron chi connectivity index (χ4n) is 0.464. The molecule has 5 nitrogen and oxygen atoms in total. The highest BCUT2D eigenvalue weighted by Gasteiger charge is 1.96. The van der Waals surface area contributed by atoms with Crippen LogP contribution >= 0.6 is 12.4 Å². The summed E-state index contributed by atoms with van der Waals surface area (Å²) in [4.78, 5) is 11.1. The Morgan fingerprint density at radius 2 is 1.55 bits per heavy atom. The highest BCUT2D eigenvalue weighted by Crippen LogP contribution is 2.03. The van der Waals surface area contributed by atoms with Crippen LogP contribution < -0.4 is 9.47 Å². The van der Waals surface area contributed by atoms with E-state index in [1.165, 1.54) is 20.5 Å². The highest BCUT2D eigenvalue weighted by atomic mass is 35.5. The molecule has 0 bridgehead atoms. The lowest BCUT2D eigenvalue weighted by atomic mass is 11.0. The molecule has 6 heteroatoms. The second-order valence-corrected chi connectivity index (χ2v) is 1.46. The molecule has 0 N–H and O–H groups in total. The Morgan fingerprint density at radius 3 is 1.91 bits per heavy atom. The maximum Gasteiger partial charge on any atom is 0.322 e. The lowest BCUT2D eigenvalue weighted by Crippen LogP contribution is -1.96. The van der Waals surface area contributed by atoms with Crippen LogP contribution in [0.25, 0.3) is 0 Å². The van der Waals surface area contributed by atoms with Gasteiger partial charge in [0.05, 0.1) is 14.2 Å². The van der Waals surface area contributed by atoms with E-state index in [9.17, 15) is 0 Å². The minimum Gasteiger partial charge on any atom is -0.467 e. The van der Waals surface area contributed by atoms with E-state index in [0.717, 1.165) is 0 Å². The van der Waals surface area contributed by atoms with Gasteiger partial charge >= 0.3 is 12.0 Å². The summed E-state index contributed by atoms with van der Waals surface area (Å²) in [5.41, 5.74) is 0. The van der Waals surface area contributed by atoms with E-state index >= 15 is 0 Å². The topological polar surface area (TPSA) is 57.1 Å². The fourth-order valence-corrected chi connectivity index (χ4v) is 0.464. The molecule has 0 unspecified atom stereocenters. The molecule has 0 fully saturated rings. The fraction of sp³-hybridized carbons (Fsp3) is 0.400. The average molecular weight is 178 g/mol. The molecule has 1 aromatic heterocycles. The summed E-state index contributed by atoms with van der Waals surface area (Å²) in [7, 11) is 2.96. The Hall–Kier alpha value is -1.10. The van der Waals surface area contributed by atoms with E-state index in [-0.39, 0.29) is 24.4 Å². The maximum absolute atomic E-state index is 4.71. The Morgan fingerprint density at radius 1 is 1.09 bits per heavy atom. The molecule has 1 aromatic rings. The second-order valence-electron chi connectivity index (χ2n) is 1.46. The van der Waals surface area contributed by atoms with Crippen LogP contribution in [0.3, 0.4) is 0 Å². The molecule has 0 aliphatic rings. The first-order valence-electron chi connectivity index (χ1n) is 2.64. The van der Waals surface area contributed by atoms with E-state index in [1.54, 1.807) is 0 Å². The van der Waals surface area contributed by atoms with Crippen molar-refractivity contribution < 1.29 is 9.47 Å². The van der Waals surface area contributed by atoms with Crippen molar-refractivity contribution in [1.82, 2.24) is 15.0 Å². The zero-order chi connectivity index (χ0) is 7.40. The second kappa shape index (κ2) is 4.68. The molecule has 0 atom stereocenters. The summed E-state index contributed by atoms with van der Waals surface area (Å²) < 4.78 is 9.43. The van der Waals surface area contributed by atoms with Crippen molar-refractivity contribution in [2.75, 3.05) is 14.2 Å². The van der Waals surface area contributed by atoms with Crippen molar-refractivity contribution in [2.24, 2.45) is 0 Å². The van der Waals surface area contributed by atoms with Gasteiger partial charge in [-0.2, -0.15) is 9.97 Å². The molecule has 62 valence electrons. The van der Waals surface area contributed by atoms with Crippen molar-refractivity contribution in [1.29, 1.82) is 0 Å². The lowest BCUT2D eigenvalue weighted by Gasteiger charge is -1.97. The predicted molar refractivity (Wildman–Crippen MR) is 40.2 cm³/mol. The van der Waals surface area contributed by atoms with Crippen molar-refractivity contribution in [3.05, 3.63) is 6.33 Å². The van der Waals surface area contributed by atoms with E-state index in [1.807, 2.05) is 0 Å². The Kier molecular flexibility index (Phi) is 4.21. The van der Waals surface area contributed by atoms with Crippen LogP contribution in [0.1, 0.15) is 0 Å². The van der Waals surface area contributed by atoms with Gasteiger partial charge in [-0.1, -0.05) is 0 Å². The van der Waals surface area contributed by atoms with Crippen molar-refractivity contribution >= 4 is 12.4 Å². The number of ether oxygens (including phenoxy) is 2. The number of hydrogen-bond donors (Lipinski definition) is 0. The van der Waals surface area contributed by atoms with Gasteiger partial charge in [-0.05, 0) is 0 Å². The zero-order valence-corrected chi connectivity index (χ0v) is 6.96. The molecule has 0 radical (unpaired) electrons. The van der Waals surface area contributed by atoms with Crippen molar-refractivity contribution in [2.45, 2.75) is 0 Å². The summed E-state index contributed by atoms with van der Waals surface area (Å²) in [5, 5.41) is 0. The van der Waals surface area contributed by atoms with Crippen LogP contribution in [-0.4, -0.2) is 29.2 Å². The van der Waals surface area contributed by atoms with Crippen LogP contribution in [-0.2, 0) is 0 Å². The number of nitrogens with zero attached hydrogens (tertiary/aromatic N) is 3. The predicted octanol–water partition coefficient (Wildman–Crippen LogP) is 0.311. The SMILES string of the molecule is COc1ncnc(OC)n1.Cl. The largest absolute Gasteiger partial charge is 0.467 e. The van der Waals surface area contributed by atoms with Gasteiger partial charge < -0.3 is 9.47 Å². The van der Waals surface area contributed by atoms with Crippen molar-refractivity contribution in [3.63, 3.8) is 0 Å². The smallest absolute Gasteiger partial charge is 0.322 e. The Bertz CT molecular complexity index is 201. The number of aromatic nitrogens is 3. The van der Waals surface area contributed by atoms with E-state index in [4.69, 9.17) is 9.47 Å². The molecule has 0 aliphatic heterocycles. The molecule has 0 saturated heterocycles. The molecular weight excluding hydrogens is 170 g/mol. The van der Waals surface area contributed by atoms with Gasteiger partial charge in [0, 0.05) is 0 Å². The van der Waals surface area contributed by atoms with E-state index < -0.39 is 0 Å². The van der Waals surface area contributed by atoms with E-state index in [2.05, 4.69) is 15.0 Å². The summed E-state index contributed by atoms with van der Waals surface area (Å²) in [6, 6.07) is 0.513. The maximum atomic E-state index is 4.71. The van der Waals surface area contributed by atoms with Crippen LogP contribution in [0.4, 0.5) is 0 Å². The van der Waals surface area contributed by atoms with Gasteiger partial charge in [0.15, 0.2) is 0 Å². The van der Waals surface area contributed by atoms with Gasteiger partial charge in [0.1, 0.15) is 6.33 Å². The summed E-state index contributed by atoms with van der Waals surface area (Å²) >= 11 is 0. The summed E-state index contributed by atoms with van der Waals surface area (Å²) in [5.74, 6) is 0. The molecular formula is C5H8ClN3O2.